The van der Waals surface area contributed by atoms with E-state index in [9.17, 15) is 4.79 Å². The average molecular weight is 174 g/mol. The van der Waals surface area contributed by atoms with Gasteiger partial charge in [-0.25, -0.2) is 0 Å². The van der Waals surface area contributed by atoms with Gasteiger partial charge < -0.3 is 4.79 Å². The molecule has 1 unspecified atom stereocenters. The van der Waals surface area contributed by atoms with Crippen molar-refractivity contribution < 1.29 is 4.79 Å². The fourth-order valence-corrected chi connectivity index (χ4v) is 1.95. The van der Waals surface area contributed by atoms with Crippen LogP contribution in [0.2, 0.25) is 0 Å². The van der Waals surface area contributed by atoms with Crippen LogP contribution in [0.3, 0.4) is 0 Å². The van der Waals surface area contributed by atoms with Gasteiger partial charge in [0.1, 0.15) is 11.8 Å². The molecule has 0 aromatic carbocycles. The van der Waals surface area contributed by atoms with Crippen molar-refractivity contribution in [3.63, 3.8) is 0 Å². The van der Waals surface area contributed by atoms with E-state index in [4.69, 9.17) is 0 Å². The van der Waals surface area contributed by atoms with E-state index in [1.807, 2.05) is 6.92 Å². The predicted octanol–water partition coefficient (Wildman–Crippen LogP) is 1.22. The molecule has 0 aliphatic heterocycles. The zero-order valence-corrected chi connectivity index (χ0v) is 6.98. The largest absolute Gasteiger partial charge is 0.302 e. The number of thioether (sulfide) groups is 1. The highest BCUT2D eigenvalue weighted by Crippen LogP contribution is 2.22. The van der Waals surface area contributed by atoms with Crippen LogP contribution in [0.5, 0.6) is 0 Å². The van der Waals surface area contributed by atoms with Crippen molar-refractivity contribution in [1.82, 2.24) is 10.2 Å². The Morgan fingerprint density at radius 3 is 3.20 bits per heavy atom. The first-order valence-electron chi connectivity index (χ1n) is 2.71. The fraction of sp³-hybridized carbons (Fsp3) is 0.400. The molecule has 0 aliphatic rings. The molecule has 0 radical (unpaired) electrons. The summed E-state index contributed by atoms with van der Waals surface area (Å²) in [6, 6.07) is 0. The van der Waals surface area contributed by atoms with Crippen molar-refractivity contribution in [3.8, 4) is 0 Å². The number of carbonyl (C=O) groups excluding carboxylic acids is 1. The summed E-state index contributed by atoms with van der Waals surface area (Å²) in [6.45, 7) is 1.83. The van der Waals surface area contributed by atoms with Crippen LogP contribution in [-0.4, -0.2) is 21.7 Å². The molecule has 0 saturated carbocycles. The second-order valence-electron chi connectivity index (χ2n) is 1.66. The van der Waals surface area contributed by atoms with E-state index in [1.165, 1.54) is 23.1 Å². The van der Waals surface area contributed by atoms with Crippen LogP contribution in [0, 0.1) is 0 Å². The molecule has 1 rings (SSSR count). The Morgan fingerprint density at radius 1 is 1.90 bits per heavy atom. The first kappa shape index (κ1) is 7.68. The van der Waals surface area contributed by atoms with Crippen LogP contribution < -0.4 is 0 Å². The molecule has 0 amide bonds. The van der Waals surface area contributed by atoms with Gasteiger partial charge in [0.2, 0.25) is 0 Å². The molecule has 3 nitrogen and oxygen atoms in total. The number of hydrogen-bond acceptors (Lipinski definition) is 5. The summed E-state index contributed by atoms with van der Waals surface area (Å²) in [4.78, 5) is 10.2. The van der Waals surface area contributed by atoms with Gasteiger partial charge in [-0.2, -0.15) is 0 Å². The van der Waals surface area contributed by atoms with Gasteiger partial charge in [0.25, 0.3) is 0 Å². The van der Waals surface area contributed by atoms with Crippen molar-refractivity contribution >= 4 is 29.4 Å². The molecule has 1 heterocycles. The Bertz CT molecular complexity index is 199. The summed E-state index contributed by atoms with van der Waals surface area (Å²) in [5.41, 5.74) is 1.65. The summed E-state index contributed by atoms with van der Waals surface area (Å²) in [5, 5.41) is 7.40. The van der Waals surface area contributed by atoms with Crippen LogP contribution in [-0.2, 0) is 4.79 Å². The van der Waals surface area contributed by atoms with Crippen molar-refractivity contribution in [2.45, 2.75) is 16.5 Å². The highest BCUT2D eigenvalue weighted by molar-refractivity contribution is 8.02. The number of aldehydes is 1. The summed E-state index contributed by atoms with van der Waals surface area (Å²) >= 11 is 2.88. The fourth-order valence-electron chi connectivity index (χ4n) is 0.401. The molecule has 0 saturated heterocycles. The minimum absolute atomic E-state index is 0.0204. The molecule has 0 spiro atoms. The smallest absolute Gasteiger partial charge is 0.174 e. The third-order valence-corrected chi connectivity index (χ3v) is 2.64. The molecule has 0 fully saturated rings. The Hall–Kier alpha value is -0.420. The monoisotopic (exact) mass is 174 g/mol. The van der Waals surface area contributed by atoms with Crippen LogP contribution in [0.1, 0.15) is 6.92 Å². The van der Waals surface area contributed by atoms with E-state index >= 15 is 0 Å². The number of aromatic nitrogens is 2. The lowest BCUT2D eigenvalue weighted by atomic mass is 10.5. The minimum Gasteiger partial charge on any atom is -0.302 e. The maximum absolute atomic E-state index is 10.2. The summed E-state index contributed by atoms with van der Waals surface area (Å²) in [5.74, 6) is 0. The highest BCUT2D eigenvalue weighted by atomic mass is 32.2. The first-order valence-corrected chi connectivity index (χ1v) is 4.47. The van der Waals surface area contributed by atoms with Gasteiger partial charge in [-0.1, -0.05) is 23.1 Å². The second kappa shape index (κ2) is 3.68. The Kier molecular flexibility index (Phi) is 2.82. The normalized spacial score (nSPS) is 12.9. The summed E-state index contributed by atoms with van der Waals surface area (Å²) < 4.78 is 0.847. The van der Waals surface area contributed by atoms with Crippen LogP contribution in [0.25, 0.3) is 0 Å². The van der Waals surface area contributed by atoms with Gasteiger partial charge in [-0.15, -0.1) is 10.2 Å². The van der Waals surface area contributed by atoms with Crippen molar-refractivity contribution in [2.24, 2.45) is 0 Å². The van der Waals surface area contributed by atoms with Crippen LogP contribution >= 0.6 is 23.1 Å². The van der Waals surface area contributed by atoms with Crippen molar-refractivity contribution in [1.29, 1.82) is 0 Å². The molecule has 54 valence electrons. The van der Waals surface area contributed by atoms with E-state index in [0.29, 0.717) is 0 Å². The minimum atomic E-state index is -0.0204. The van der Waals surface area contributed by atoms with Gasteiger partial charge in [0.15, 0.2) is 4.34 Å². The quantitative estimate of drug-likeness (QED) is 0.510. The van der Waals surface area contributed by atoms with E-state index in [-0.39, 0.29) is 5.25 Å². The zero-order valence-electron chi connectivity index (χ0n) is 5.35. The maximum Gasteiger partial charge on any atom is 0.174 e. The summed E-state index contributed by atoms with van der Waals surface area (Å²) in [7, 11) is 0. The van der Waals surface area contributed by atoms with Gasteiger partial charge in [-0.3, -0.25) is 0 Å². The molecule has 0 bridgehead atoms. The molecule has 0 N–H and O–H groups in total. The van der Waals surface area contributed by atoms with E-state index in [0.717, 1.165) is 10.6 Å². The third-order valence-electron chi connectivity index (χ3n) is 0.818. The lowest BCUT2D eigenvalue weighted by Crippen LogP contribution is -1.95. The van der Waals surface area contributed by atoms with E-state index in [1.54, 1.807) is 5.51 Å². The molecule has 10 heavy (non-hydrogen) atoms. The molecule has 0 aliphatic carbocycles. The molecule has 5 heteroatoms. The Labute approximate surface area is 66.9 Å². The predicted molar refractivity (Wildman–Crippen MR) is 41.3 cm³/mol. The summed E-state index contributed by atoms with van der Waals surface area (Å²) in [6.07, 6.45) is 0.895. The van der Waals surface area contributed by atoms with E-state index < -0.39 is 0 Å². The number of rotatable bonds is 3. The molecular weight excluding hydrogens is 168 g/mol. The molecule has 1 aromatic heterocycles. The Morgan fingerprint density at radius 2 is 2.70 bits per heavy atom. The molecule has 1 aromatic rings. The lowest BCUT2D eigenvalue weighted by molar-refractivity contribution is -0.107. The number of hydrogen-bond donors (Lipinski definition) is 0. The average Bonchev–Trinajstić information content (AvgIpc) is 2.40. The third kappa shape index (κ3) is 2.07. The van der Waals surface area contributed by atoms with Gasteiger partial charge in [0.05, 0.1) is 5.25 Å². The first-order chi connectivity index (χ1) is 4.83. The zero-order chi connectivity index (χ0) is 7.40. The van der Waals surface area contributed by atoms with Gasteiger partial charge in [0, 0.05) is 0 Å². The van der Waals surface area contributed by atoms with Gasteiger partial charge in [-0.05, 0) is 6.92 Å². The van der Waals surface area contributed by atoms with Gasteiger partial charge >= 0.3 is 0 Å². The number of carbonyl (C=O) groups is 1. The SMILES string of the molecule is CC(C=O)Sc1nncs1. The Balaban J connectivity index is 2.47. The molecular formula is C5H6N2OS2. The van der Waals surface area contributed by atoms with Crippen LogP contribution in [0.15, 0.2) is 9.85 Å². The lowest BCUT2D eigenvalue weighted by Gasteiger charge is -1.95. The topological polar surface area (TPSA) is 42.9 Å². The highest BCUT2D eigenvalue weighted by Gasteiger charge is 2.03. The van der Waals surface area contributed by atoms with Crippen molar-refractivity contribution in [2.75, 3.05) is 0 Å². The van der Waals surface area contributed by atoms with Crippen molar-refractivity contribution in [3.05, 3.63) is 5.51 Å². The second-order valence-corrected chi connectivity index (χ2v) is 4.12. The standard InChI is InChI=1S/C5H6N2OS2/c1-4(2-8)10-5-7-6-3-9-5/h2-4H,1H3. The van der Waals surface area contributed by atoms with Crippen LogP contribution in [0.4, 0.5) is 0 Å². The van der Waals surface area contributed by atoms with E-state index in [2.05, 4.69) is 10.2 Å². The molecule has 1 atom stereocenters. The number of nitrogens with zero attached hydrogens (tertiary/aromatic N) is 2. The maximum atomic E-state index is 10.2.